The third-order valence-electron chi connectivity index (χ3n) is 4.53. The Balaban J connectivity index is 1.89. The van der Waals surface area contributed by atoms with Gasteiger partial charge in [-0.3, -0.25) is 0 Å². The fourth-order valence-corrected chi connectivity index (χ4v) is 4.33. The summed E-state index contributed by atoms with van der Waals surface area (Å²) in [5.74, 6) is 1.17. The van der Waals surface area contributed by atoms with Crippen LogP contribution in [0.2, 0.25) is 0 Å². The van der Waals surface area contributed by atoms with E-state index in [1.807, 2.05) is 11.3 Å². The Kier molecular flexibility index (Phi) is 5.43. The number of thiophene rings is 1. The van der Waals surface area contributed by atoms with Crippen LogP contribution in [0.15, 0.2) is 6.07 Å². The van der Waals surface area contributed by atoms with Crippen LogP contribution in [0.3, 0.4) is 0 Å². The molecule has 108 valence electrons. The molecular formula is C16H27NOS. The lowest BCUT2D eigenvalue weighted by atomic mass is 9.79. The molecule has 3 atom stereocenters. The second-order valence-corrected chi connectivity index (χ2v) is 7.45. The maximum Gasteiger partial charge on any atom is 0.0462 e. The summed E-state index contributed by atoms with van der Waals surface area (Å²) in [5, 5.41) is 13.1. The topological polar surface area (TPSA) is 32.3 Å². The molecule has 2 N–H and O–H groups in total. The average Bonchev–Trinajstić information content (AvgIpc) is 2.75. The quantitative estimate of drug-likeness (QED) is 0.860. The summed E-state index contributed by atoms with van der Waals surface area (Å²) in [5.41, 5.74) is 1.44. The summed E-state index contributed by atoms with van der Waals surface area (Å²) in [6.07, 6.45) is 5.09. The fraction of sp³-hybridized carbons (Fsp3) is 0.750. The molecule has 0 bridgehead atoms. The van der Waals surface area contributed by atoms with Crippen molar-refractivity contribution in [3.8, 4) is 0 Å². The minimum atomic E-state index is 0.358. The molecule has 1 saturated carbocycles. The van der Waals surface area contributed by atoms with Gasteiger partial charge in [-0.05, 0) is 63.6 Å². The van der Waals surface area contributed by atoms with E-state index in [0.717, 1.165) is 6.54 Å². The van der Waals surface area contributed by atoms with Crippen molar-refractivity contribution in [2.75, 3.05) is 13.2 Å². The zero-order chi connectivity index (χ0) is 13.8. The highest BCUT2D eigenvalue weighted by molar-refractivity contribution is 7.12. The minimum Gasteiger partial charge on any atom is -0.396 e. The molecule has 1 heterocycles. The van der Waals surface area contributed by atoms with E-state index in [4.69, 9.17) is 0 Å². The molecule has 1 aromatic heterocycles. The number of rotatable bonds is 5. The molecule has 3 heteroatoms. The van der Waals surface area contributed by atoms with Gasteiger partial charge in [-0.15, -0.1) is 11.3 Å². The number of hydrogen-bond donors (Lipinski definition) is 2. The number of aliphatic hydroxyl groups excluding tert-OH is 1. The lowest BCUT2D eigenvalue weighted by Crippen LogP contribution is -2.33. The zero-order valence-electron chi connectivity index (χ0n) is 12.4. The molecule has 2 nitrogen and oxygen atoms in total. The van der Waals surface area contributed by atoms with Crippen LogP contribution in [-0.4, -0.2) is 18.3 Å². The van der Waals surface area contributed by atoms with Crippen LogP contribution in [-0.2, 0) is 0 Å². The van der Waals surface area contributed by atoms with Crippen LogP contribution in [0.5, 0.6) is 0 Å². The van der Waals surface area contributed by atoms with Gasteiger partial charge in [0, 0.05) is 22.4 Å². The Bertz CT molecular complexity index is 401. The van der Waals surface area contributed by atoms with Gasteiger partial charge in [-0.2, -0.15) is 0 Å². The highest BCUT2D eigenvalue weighted by Gasteiger charge is 2.24. The number of nitrogens with one attached hydrogen (secondary N) is 1. The van der Waals surface area contributed by atoms with Crippen molar-refractivity contribution in [2.24, 2.45) is 11.8 Å². The summed E-state index contributed by atoms with van der Waals surface area (Å²) >= 11 is 1.88. The number of aryl methyl sites for hydroxylation is 2. The van der Waals surface area contributed by atoms with Crippen LogP contribution >= 0.6 is 11.3 Å². The van der Waals surface area contributed by atoms with Crippen molar-refractivity contribution in [1.29, 1.82) is 0 Å². The average molecular weight is 281 g/mol. The van der Waals surface area contributed by atoms with Gasteiger partial charge in [0.15, 0.2) is 0 Å². The Morgan fingerprint density at radius 3 is 2.58 bits per heavy atom. The molecular weight excluding hydrogens is 254 g/mol. The van der Waals surface area contributed by atoms with E-state index in [-0.39, 0.29) is 0 Å². The monoisotopic (exact) mass is 281 g/mol. The van der Waals surface area contributed by atoms with Crippen LogP contribution in [0.1, 0.15) is 54.0 Å². The van der Waals surface area contributed by atoms with Crippen LogP contribution < -0.4 is 5.32 Å². The van der Waals surface area contributed by atoms with Gasteiger partial charge >= 0.3 is 0 Å². The minimum absolute atomic E-state index is 0.358. The van der Waals surface area contributed by atoms with E-state index in [0.29, 0.717) is 24.5 Å². The molecule has 0 aromatic carbocycles. The number of aliphatic hydroxyl groups is 1. The largest absolute Gasteiger partial charge is 0.396 e. The molecule has 1 aliphatic rings. The van der Waals surface area contributed by atoms with Gasteiger partial charge in [-0.25, -0.2) is 0 Å². The van der Waals surface area contributed by atoms with Crippen molar-refractivity contribution in [3.05, 3.63) is 21.4 Å². The summed E-state index contributed by atoms with van der Waals surface area (Å²) in [6, 6.07) is 2.73. The zero-order valence-corrected chi connectivity index (χ0v) is 13.2. The maximum atomic E-state index is 9.47. The van der Waals surface area contributed by atoms with E-state index in [1.54, 1.807) is 0 Å². The molecule has 1 fully saturated rings. The van der Waals surface area contributed by atoms with Crippen molar-refractivity contribution < 1.29 is 5.11 Å². The predicted octanol–water partition coefficient (Wildman–Crippen LogP) is 3.81. The molecule has 0 saturated heterocycles. The molecule has 19 heavy (non-hydrogen) atoms. The summed E-state index contributed by atoms with van der Waals surface area (Å²) in [7, 11) is 0. The second-order valence-electron chi connectivity index (χ2n) is 5.99. The summed E-state index contributed by atoms with van der Waals surface area (Å²) < 4.78 is 0. The van der Waals surface area contributed by atoms with Gasteiger partial charge in [0.25, 0.3) is 0 Å². The molecule has 0 radical (unpaired) electrons. The normalized spacial score (nSPS) is 25.5. The smallest absolute Gasteiger partial charge is 0.0462 e. The third kappa shape index (κ3) is 3.80. The molecule has 0 aliphatic heterocycles. The summed E-state index contributed by atoms with van der Waals surface area (Å²) in [4.78, 5) is 2.83. The molecule has 0 spiro atoms. The van der Waals surface area contributed by atoms with Crippen LogP contribution in [0, 0.1) is 25.7 Å². The van der Waals surface area contributed by atoms with Gasteiger partial charge in [0.05, 0.1) is 0 Å². The lowest BCUT2D eigenvalue weighted by Gasteiger charge is -2.31. The molecule has 1 aliphatic carbocycles. The van der Waals surface area contributed by atoms with E-state index < -0.39 is 0 Å². The SMILES string of the molecule is Cc1cc(C(C)NCC2CCCCC2CO)c(C)s1. The highest BCUT2D eigenvalue weighted by Crippen LogP contribution is 2.30. The first-order valence-electron chi connectivity index (χ1n) is 7.53. The molecule has 0 amide bonds. The standard InChI is InChI=1S/C16H27NOS/c1-11-8-16(13(3)19-11)12(2)17-9-14-6-4-5-7-15(14)10-18/h8,12,14-15,17-18H,4-7,9-10H2,1-3H3. The van der Waals surface area contributed by atoms with Crippen molar-refractivity contribution in [3.63, 3.8) is 0 Å². The van der Waals surface area contributed by atoms with E-state index in [9.17, 15) is 5.11 Å². The third-order valence-corrected chi connectivity index (χ3v) is 5.51. The highest BCUT2D eigenvalue weighted by atomic mass is 32.1. The molecule has 2 rings (SSSR count). The van der Waals surface area contributed by atoms with Gasteiger partial charge < -0.3 is 10.4 Å². The fourth-order valence-electron chi connectivity index (χ4n) is 3.31. The van der Waals surface area contributed by atoms with Gasteiger partial charge in [0.1, 0.15) is 0 Å². The van der Waals surface area contributed by atoms with E-state index in [2.05, 4.69) is 32.2 Å². The van der Waals surface area contributed by atoms with Crippen molar-refractivity contribution in [2.45, 2.75) is 52.5 Å². The van der Waals surface area contributed by atoms with Crippen molar-refractivity contribution >= 4 is 11.3 Å². The number of hydrogen-bond acceptors (Lipinski definition) is 3. The Labute approximate surface area is 121 Å². The molecule has 1 aromatic rings. The van der Waals surface area contributed by atoms with E-state index >= 15 is 0 Å². The van der Waals surface area contributed by atoms with E-state index in [1.165, 1.54) is 41.0 Å². The predicted molar refractivity (Wildman–Crippen MR) is 82.7 cm³/mol. The Hall–Kier alpha value is -0.380. The maximum absolute atomic E-state index is 9.47. The van der Waals surface area contributed by atoms with Gasteiger partial charge in [-0.1, -0.05) is 12.8 Å². The summed E-state index contributed by atoms with van der Waals surface area (Å²) in [6.45, 7) is 8.04. The first kappa shape index (κ1) is 15.0. The van der Waals surface area contributed by atoms with Crippen LogP contribution in [0.4, 0.5) is 0 Å². The first-order valence-corrected chi connectivity index (χ1v) is 8.34. The Morgan fingerprint density at radius 1 is 1.32 bits per heavy atom. The second kappa shape index (κ2) is 6.87. The Morgan fingerprint density at radius 2 is 2.00 bits per heavy atom. The first-order chi connectivity index (χ1) is 9.11. The lowest BCUT2D eigenvalue weighted by molar-refractivity contribution is 0.131. The van der Waals surface area contributed by atoms with Crippen molar-refractivity contribution in [1.82, 2.24) is 5.32 Å². The van der Waals surface area contributed by atoms with Crippen LogP contribution in [0.25, 0.3) is 0 Å². The van der Waals surface area contributed by atoms with Gasteiger partial charge in [0.2, 0.25) is 0 Å². The molecule has 3 unspecified atom stereocenters.